The third-order valence-corrected chi connectivity index (χ3v) is 4.78. The predicted molar refractivity (Wildman–Crippen MR) is 118 cm³/mol. The molecule has 0 aliphatic rings. The van der Waals surface area contributed by atoms with Crippen LogP contribution in [0.5, 0.6) is 5.75 Å². The standard InChI is InChI=1S/C22H23N5O5/c1-12-7-8-17(31-6)13(2)19(12)26-16-11-24-18(27(29)30)9-14(16)15(10-23)20(26)25-21(28)32-22(3,4)5/h7-9,11H,1-6H3,(H,25,28). The van der Waals surface area contributed by atoms with Crippen LogP contribution in [0.25, 0.3) is 16.6 Å². The fourth-order valence-electron chi connectivity index (χ4n) is 3.52. The van der Waals surface area contributed by atoms with Crippen molar-refractivity contribution in [2.45, 2.75) is 40.2 Å². The molecule has 2 aromatic heterocycles. The van der Waals surface area contributed by atoms with Gasteiger partial charge in [0.1, 0.15) is 34.3 Å². The molecule has 0 saturated heterocycles. The third kappa shape index (κ3) is 4.05. The average molecular weight is 437 g/mol. The van der Waals surface area contributed by atoms with E-state index in [4.69, 9.17) is 9.47 Å². The van der Waals surface area contributed by atoms with Crippen molar-refractivity contribution in [3.05, 3.63) is 51.2 Å². The minimum Gasteiger partial charge on any atom is -0.496 e. The summed E-state index contributed by atoms with van der Waals surface area (Å²) in [5, 5.41) is 24.1. The van der Waals surface area contributed by atoms with E-state index >= 15 is 0 Å². The van der Waals surface area contributed by atoms with Gasteiger partial charge in [-0.05, 0) is 56.2 Å². The van der Waals surface area contributed by atoms with Crippen molar-refractivity contribution in [3.63, 3.8) is 0 Å². The summed E-state index contributed by atoms with van der Waals surface area (Å²) in [6, 6.07) is 6.93. The summed E-state index contributed by atoms with van der Waals surface area (Å²) < 4.78 is 12.5. The molecule has 0 bridgehead atoms. The lowest BCUT2D eigenvalue weighted by atomic mass is 10.1. The van der Waals surface area contributed by atoms with Gasteiger partial charge in [-0.25, -0.2) is 4.79 Å². The zero-order valence-corrected chi connectivity index (χ0v) is 18.6. The van der Waals surface area contributed by atoms with Crippen LogP contribution in [0, 0.1) is 35.3 Å². The number of pyridine rings is 1. The highest BCUT2D eigenvalue weighted by atomic mass is 16.6. The Morgan fingerprint density at radius 2 is 2.00 bits per heavy atom. The first kappa shape index (κ1) is 22.6. The van der Waals surface area contributed by atoms with Crippen molar-refractivity contribution in [1.29, 1.82) is 5.26 Å². The Morgan fingerprint density at radius 3 is 2.56 bits per heavy atom. The molecule has 0 unspecified atom stereocenters. The van der Waals surface area contributed by atoms with Crippen LogP contribution in [0.4, 0.5) is 16.4 Å². The minimum absolute atomic E-state index is 0.0537. The van der Waals surface area contributed by atoms with Gasteiger partial charge in [0, 0.05) is 17.0 Å². The fourth-order valence-corrected chi connectivity index (χ4v) is 3.52. The Labute approximate surface area is 184 Å². The summed E-state index contributed by atoms with van der Waals surface area (Å²) in [7, 11) is 1.54. The number of anilines is 1. The molecular formula is C22H23N5O5. The number of hydrogen-bond acceptors (Lipinski definition) is 7. The van der Waals surface area contributed by atoms with E-state index in [1.54, 1.807) is 32.4 Å². The molecule has 0 spiro atoms. The molecule has 0 fully saturated rings. The lowest BCUT2D eigenvalue weighted by Gasteiger charge is -2.21. The summed E-state index contributed by atoms with van der Waals surface area (Å²) in [6.45, 7) is 8.87. The highest BCUT2D eigenvalue weighted by molar-refractivity contribution is 5.99. The van der Waals surface area contributed by atoms with Crippen LogP contribution in [-0.2, 0) is 4.74 Å². The van der Waals surface area contributed by atoms with Crippen molar-refractivity contribution in [1.82, 2.24) is 9.55 Å². The van der Waals surface area contributed by atoms with E-state index in [-0.39, 0.29) is 16.8 Å². The van der Waals surface area contributed by atoms with E-state index < -0.39 is 22.4 Å². The first-order chi connectivity index (χ1) is 15.0. The van der Waals surface area contributed by atoms with E-state index in [0.29, 0.717) is 17.0 Å². The van der Waals surface area contributed by atoms with Gasteiger partial charge in [0.2, 0.25) is 0 Å². The number of aryl methyl sites for hydroxylation is 1. The number of rotatable bonds is 4. The monoisotopic (exact) mass is 437 g/mol. The van der Waals surface area contributed by atoms with Gasteiger partial charge in [-0.2, -0.15) is 5.26 Å². The van der Waals surface area contributed by atoms with Gasteiger partial charge in [-0.15, -0.1) is 0 Å². The number of nitrogens with zero attached hydrogens (tertiary/aromatic N) is 4. The molecule has 0 aliphatic carbocycles. The molecular weight excluding hydrogens is 414 g/mol. The molecule has 0 aliphatic heterocycles. The quantitative estimate of drug-likeness (QED) is 0.459. The van der Waals surface area contributed by atoms with E-state index in [1.165, 1.54) is 12.3 Å². The number of methoxy groups -OCH3 is 1. The maximum atomic E-state index is 12.6. The SMILES string of the molecule is COc1ccc(C)c(-n2c(NC(=O)OC(C)(C)C)c(C#N)c3cc([N+](=O)[O-])ncc32)c1C. The summed E-state index contributed by atoms with van der Waals surface area (Å²) in [5.41, 5.74) is 1.93. The van der Waals surface area contributed by atoms with Gasteiger partial charge in [-0.1, -0.05) is 6.07 Å². The molecule has 10 heteroatoms. The van der Waals surface area contributed by atoms with Crippen molar-refractivity contribution < 1.29 is 19.2 Å². The highest BCUT2D eigenvalue weighted by Gasteiger charge is 2.27. The van der Waals surface area contributed by atoms with E-state index in [9.17, 15) is 20.2 Å². The number of hydrogen-bond donors (Lipinski definition) is 1. The van der Waals surface area contributed by atoms with Crippen LogP contribution in [-0.4, -0.2) is 33.3 Å². The number of nitro groups is 1. The highest BCUT2D eigenvalue weighted by Crippen LogP contribution is 2.38. The Balaban J connectivity index is 2.40. The molecule has 1 N–H and O–H groups in total. The molecule has 166 valence electrons. The molecule has 3 rings (SSSR count). The molecule has 1 aromatic carbocycles. The van der Waals surface area contributed by atoms with Crippen molar-refractivity contribution in [3.8, 4) is 17.5 Å². The van der Waals surface area contributed by atoms with Crippen LogP contribution < -0.4 is 10.1 Å². The first-order valence-corrected chi connectivity index (χ1v) is 9.72. The van der Waals surface area contributed by atoms with E-state index in [0.717, 1.165) is 11.1 Å². The zero-order chi connectivity index (χ0) is 23.8. The van der Waals surface area contributed by atoms with Crippen molar-refractivity contribution in [2.24, 2.45) is 0 Å². The molecule has 0 saturated carbocycles. The molecule has 1 amide bonds. The molecule has 0 atom stereocenters. The minimum atomic E-state index is -0.768. The molecule has 10 nitrogen and oxygen atoms in total. The first-order valence-electron chi connectivity index (χ1n) is 9.72. The van der Waals surface area contributed by atoms with Crippen LogP contribution in [0.2, 0.25) is 0 Å². The smallest absolute Gasteiger partial charge is 0.413 e. The second-order valence-electron chi connectivity index (χ2n) is 8.17. The Bertz CT molecular complexity index is 1280. The number of nitriles is 1. The fraction of sp³-hybridized carbons (Fsp3) is 0.318. The number of aromatic nitrogens is 2. The molecule has 32 heavy (non-hydrogen) atoms. The predicted octanol–water partition coefficient (Wildman–Crippen LogP) is 4.78. The normalized spacial score (nSPS) is 11.2. The lowest BCUT2D eigenvalue weighted by Crippen LogP contribution is -2.28. The van der Waals surface area contributed by atoms with Crippen LogP contribution in [0.3, 0.4) is 0 Å². The van der Waals surface area contributed by atoms with Gasteiger partial charge in [-0.3, -0.25) is 9.88 Å². The number of nitrogens with one attached hydrogen (secondary N) is 1. The second-order valence-corrected chi connectivity index (χ2v) is 8.17. The molecule has 3 aromatic rings. The maximum Gasteiger partial charge on any atom is 0.413 e. The number of carbonyl (C=O) groups excluding carboxylic acids is 1. The lowest BCUT2D eigenvalue weighted by molar-refractivity contribution is -0.389. The molecule has 2 heterocycles. The number of fused-ring (bicyclic) bond motifs is 1. The number of amides is 1. The number of carbonyl (C=O) groups is 1. The Kier molecular flexibility index (Phi) is 5.77. The zero-order valence-electron chi connectivity index (χ0n) is 18.6. The molecule has 0 radical (unpaired) electrons. The summed E-state index contributed by atoms with van der Waals surface area (Å²) in [6.07, 6.45) is 0.547. The van der Waals surface area contributed by atoms with Gasteiger partial charge in [0.25, 0.3) is 0 Å². The summed E-state index contributed by atoms with van der Waals surface area (Å²) in [5.74, 6) is 0.316. The van der Waals surface area contributed by atoms with Gasteiger partial charge in [0.05, 0.1) is 12.8 Å². The van der Waals surface area contributed by atoms with Gasteiger partial charge < -0.3 is 19.6 Å². The van der Waals surface area contributed by atoms with Crippen molar-refractivity contribution >= 4 is 28.6 Å². The maximum absolute atomic E-state index is 12.6. The van der Waals surface area contributed by atoms with Gasteiger partial charge >= 0.3 is 11.9 Å². The number of benzene rings is 1. The largest absolute Gasteiger partial charge is 0.496 e. The second kappa shape index (κ2) is 8.19. The van der Waals surface area contributed by atoms with E-state index in [2.05, 4.69) is 16.4 Å². The van der Waals surface area contributed by atoms with Crippen LogP contribution >= 0.6 is 0 Å². The summed E-state index contributed by atoms with van der Waals surface area (Å²) >= 11 is 0. The average Bonchev–Trinajstić information content (AvgIpc) is 2.98. The van der Waals surface area contributed by atoms with Crippen LogP contribution in [0.15, 0.2) is 24.4 Å². The Morgan fingerprint density at radius 1 is 1.31 bits per heavy atom. The van der Waals surface area contributed by atoms with E-state index in [1.807, 2.05) is 26.0 Å². The number of ether oxygens (including phenoxy) is 2. The topological polar surface area (TPSA) is 132 Å². The third-order valence-electron chi connectivity index (χ3n) is 4.78. The Hall–Kier alpha value is -4.13. The van der Waals surface area contributed by atoms with Gasteiger partial charge in [0.15, 0.2) is 6.20 Å². The van der Waals surface area contributed by atoms with Crippen molar-refractivity contribution in [2.75, 3.05) is 12.4 Å². The summed E-state index contributed by atoms with van der Waals surface area (Å²) in [4.78, 5) is 27.2. The van der Waals surface area contributed by atoms with Crippen LogP contribution in [0.1, 0.15) is 37.5 Å².